The SMILES string of the molecule is COC(=O)/C=C/CCNC(=O)c1ccc(CN2CCC(CO)CC2)cc1. The van der Waals surface area contributed by atoms with E-state index in [-0.39, 0.29) is 12.5 Å². The number of carbonyl (C=O) groups is 2. The summed E-state index contributed by atoms with van der Waals surface area (Å²) in [5.74, 6) is -0.0703. The molecule has 1 saturated heterocycles. The topological polar surface area (TPSA) is 78.9 Å². The van der Waals surface area contributed by atoms with Crippen LogP contribution in [0.4, 0.5) is 0 Å². The largest absolute Gasteiger partial charge is 0.466 e. The van der Waals surface area contributed by atoms with Crippen molar-refractivity contribution in [1.82, 2.24) is 10.2 Å². The molecule has 0 atom stereocenters. The van der Waals surface area contributed by atoms with Gasteiger partial charge in [-0.3, -0.25) is 9.69 Å². The number of esters is 1. The fourth-order valence-corrected chi connectivity index (χ4v) is 2.97. The van der Waals surface area contributed by atoms with Crippen LogP contribution in [-0.4, -0.2) is 55.2 Å². The lowest BCUT2D eigenvalue weighted by Gasteiger charge is -2.31. The van der Waals surface area contributed by atoms with Crippen LogP contribution < -0.4 is 5.32 Å². The molecule has 142 valence electrons. The minimum Gasteiger partial charge on any atom is -0.466 e. The van der Waals surface area contributed by atoms with E-state index >= 15 is 0 Å². The molecule has 1 aliphatic rings. The highest BCUT2D eigenvalue weighted by Crippen LogP contribution is 2.18. The Morgan fingerprint density at radius 3 is 2.58 bits per heavy atom. The molecule has 1 aromatic rings. The minimum absolute atomic E-state index is 0.119. The summed E-state index contributed by atoms with van der Waals surface area (Å²) in [6.45, 7) is 3.64. The summed E-state index contributed by atoms with van der Waals surface area (Å²) < 4.78 is 4.50. The average molecular weight is 360 g/mol. The highest BCUT2D eigenvalue weighted by Gasteiger charge is 2.18. The van der Waals surface area contributed by atoms with Gasteiger partial charge in [-0.05, 0) is 56.0 Å². The molecular formula is C20H28N2O4. The molecular weight excluding hydrogens is 332 g/mol. The summed E-state index contributed by atoms with van der Waals surface area (Å²) in [4.78, 5) is 25.4. The lowest BCUT2D eigenvalue weighted by molar-refractivity contribution is -0.134. The number of rotatable bonds is 8. The van der Waals surface area contributed by atoms with Crippen LogP contribution in [0.5, 0.6) is 0 Å². The van der Waals surface area contributed by atoms with Gasteiger partial charge in [-0.2, -0.15) is 0 Å². The van der Waals surface area contributed by atoms with Crippen molar-refractivity contribution < 1.29 is 19.4 Å². The van der Waals surface area contributed by atoms with Crippen molar-refractivity contribution in [3.05, 3.63) is 47.5 Å². The molecule has 0 spiro atoms. The van der Waals surface area contributed by atoms with E-state index in [9.17, 15) is 14.7 Å². The number of nitrogens with zero attached hydrogens (tertiary/aromatic N) is 1. The summed E-state index contributed by atoms with van der Waals surface area (Å²) in [7, 11) is 1.33. The van der Waals surface area contributed by atoms with Crippen LogP contribution >= 0.6 is 0 Å². The fraction of sp³-hybridized carbons (Fsp3) is 0.500. The summed E-state index contributed by atoms with van der Waals surface area (Å²) in [6.07, 6.45) is 5.69. The van der Waals surface area contributed by atoms with Gasteiger partial charge in [0.05, 0.1) is 7.11 Å². The van der Waals surface area contributed by atoms with Gasteiger partial charge in [0, 0.05) is 31.3 Å². The maximum atomic E-state index is 12.1. The van der Waals surface area contributed by atoms with Crippen molar-refractivity contribution in [2.24, 2.45) is 5.92 Å². The zero-order chi connectivity index (χ0) is 18.8. The number of hydrogen-bond donors (Lipinski definition) is 2. The van der Waals surface area contributed by atoms with Gasteiger partial charge in [0.15, 0.2) is 0 Å². The molecule has 0 aliphatic carbocycles. The maximum absolute atomic E-state index is 12.1. The molecule has 26 heavy (non-hydrogen) atoms. The van der Waals surface area contributed by atoms with E-state index in [0.717, 1.165) is 32.5 Å². The van der Waals surface area contributed by atoms with Gasteiger partial charge >= 0.3 is 5.97 Å². The number of nitrogens with one attached hydrogen (secondary N) is 1. The average Bonchev–Trinajstić information content (AvgIpc) is 2.68. The predicted octanol–water partition coefficient (Wildman–Crippen LogP) is 1.74. The summed E-state index contributed by atoms with van der Waals surface area (Å²) in [6, 6.07) is 7.67. The Bertz CT molecular complexity index is 605. The van der Waals surface area contributed by atoms with Gasteiger partial charge in [-0.25, -0.2) is 4.79 Å². The van der Waals surface area contributed by atoms with Gasteiger partial charge in [0.1, 0.15) is 0 Å². The van der Waals surface area contributed by atoms with Gasteiger partial charge in [0.25, 0.3) is 5.91 Å². The second-order valence-corrected chi connectivity index (χ2v) is 6.57. The first-order valence-electron chi connectivity index (χ1n) is 9.07. The molecule has 6 nitrogen and oxygen atoms in total. The molecule has 0 unspecified atom stereocenters. The van der Waals surface area contributed by atoms with E-state index in [0.29, 0.717) is 24.4 Å². The second kappa shape index (κ2) is 10.7. The van der Waals surface area contributed by atoms with Crippen molar-refractivity contribution in [2.75, 3.05) is 33.4 Å². The predicted molar refractivity (Wildman–Crippen MR) is 99.6 cm³/mol. The first-order valence-corrected chi connectivity index (χ1v) is 9.07. The first kappa shape index (κ1) is 20.1. The number of piperidine rings is 1. The molecule has 1 fully saturated rings. The van der Waals surface area contributed by atoms with Crippen molar-refractivity contribution >= 4 is 11.9 Å². The number of amides is 1. The van der Waals surface area contributed by atoms with Crippen LogP contribution in [0.15, 0.2) is 36.4 Å². The van der Waals surface area contributed by atoms with E-state index in [1.165, 1.54) is 18.7 Å². The Kier molecular flexibility index (Phi) is 8.31. The zero-order valence-electron chi connectivity index (χ0n) is 15.3. The van der Waals surface area contributed by atoms with Crippen molar-refractivity contribution in [1.29, 1.82) is 0 Å². The summed E-state index contributed by atoms with van der Waals surface area (Å²) in [5, 5.41) is 12.0. The third-order valence-corrected chi connectivity index (χ3v) is 4.64. The van der Waals surface area contributed by atoms with Crippen LogP contribution in [0, 0.1) is 5.92 Å². The van der Waals surface area contributed by atoms with Gasteiger partial charge in [-0.15, -0.1) is 0 Å². The molecule has 0 aromatic heterocycles. The zero-order valence-corrected chi connectivity index (χ0v) is 15.3. The van der Waals surface area contributed by atoms with E-state index in [4.69, 9.17) is 0 Å². The number of benzene rings is 1. The molecule has 1 amide bonds. The minimum atomic E-state index is -0.396. The number of likely N-dealkylation sites (tertiary alicyclic amines) is 1. The first-order chi connectivity index (χ1) is 12.6. The summed E-state index contributed by atoms with van der Waals surface area (Å²) >= 11 is 0. The number of hydrogen-bond acceptors (Lipinski definition) is 5. The van der Waals surface area contributed by atoms with E-state index < -0.39 is 5.97 Å². The maximum Gasteiger partial charge on any atom is 0.330 e. The molecule has 0 bridgehead atoms. The number of aliphatic hydroxyl groups excluding tert-OH is 1. The van der Waals surface area contributed by atoms with Crippen LogP contribution in [0.3, 0.4) is 0 Å². The lowest BCUT2D eigenvalue weighted by atomic mass is 9.97. The van der Waals surface area contributed by atoms with Crippen LogP contribution in [-0.2, 0) is 16.1 Å². The van der Waals surface area contributed by atoms with Crippen LogP contribution in [0.1, 0.15) is 35.2 Å². The van der Waals surface area contributed by atoms with Crippen molar-refractivity contribution in [3.8, 4) is 0 Å². The molecule has 2 rings (SSSR count). The Balaban J connectivity index is 1.73. The van der Waals surface area contributed by atoms with Crippen molar-refractivity contribution in [3.63, 3.8) is 0 Å². The fourth-order valence-electron chi connectivity index (χ4n) is 2.97. The number of ether oxygens (including phenoxy) is 1. The number of methoxy groups -OCH3 is 1. The Hall–Kier alpha value is -2.18. The van der Waals surface area contributed by atoms with Gasteiger partial charge in [-0.1, -0.05) is 18.2 Å². The van der Waals surface area contributed by atoms with E-state index in [1.807, 2.05) is 24.3 Å². The molecule has 2 N–H and O–H groups in total. The third-order valence-electron chi connectivity index (χ3n) is 4.64. The molecule has 1 aliphatic heterocycles. The quantitative estimate of drug-likeness (QED) is 0.419. The van der Waals surface area contributed by atoms with Gasteiger partial charge < -0.3 is 15.2 Å². The lowest BCUT2D eigenvalue weighted by Crippen LogP contribution is -2.34. The molecule has 1 heterocycles. The van der Waals surface area contributed by atoms with Crippen LogP contribution in [0.25, 0.3) is 0 Å². The normalized spacial score (nSPS) is 15.9. The van der Waals surface area contributed by atoms with E-state index in [1.54, 1.807) is 6.08 Å². The molecule has 6 heteroatoms. The van der Waals surface area contributed by atoms with Crippen molar-refractivity contribution in [2.45, 2.75) is 25.8 Å². The molecule has 1 aromatic carbocycles. The highest BCUT2D eigenvalue weighted by atomic mass is 16.5. The molecule has 0 radical (unpaired) electrons. The smallest absolute Gasteiger partial charge is 0.330 e. The summed E-state index contributed by atoms with van der Waals surface area (Å²) in [5.41, 5.74) is 1.81. The Morgan fingerprint density at radius 2 is 1.96 bits per heavy atom. The van der Waals surface area contributed by atoms with Crippen LogP contribution in [0.2, 0.25) is 0 Å². The Morgan fingerprint density at radius 1 is 1.27 bits per heavy atom. The second-order valence-electron chi connectivity index (χ2n) is 6.57. The third kappa shape index (κ3) is 6.61. The Labute approximate surface area is 154 Å². The monoisotopic (exact) mass is 360 g/mol. The number of carbonyl (C=O) groups excluding carboxylic acids is 2. The molecule has 0 saturated carbocycles. The van der Waals surface area contributed by atoms with Gasteiger partial charge in [0.2, 0.25) is 0 Å². The number of aliphatic hydroxyl groups is 1. The van der Waals surface area contributed by atoms with E-state index in [2.05, 4.69) is 15.0 Å². The standard InChI is InChI=1S/C20H28N2O4/c1-26-19(24)4-2-3-11-21-20(25)18-7-5-16(6-8-18)14-22-12-9-17(15-23)10-13-22/h2,4-8,17,23H,3,9-15H2,1H3,(H,21,25)/b4-2+. The highest BCUT2D eigenvalue weighted by molar-refractivity contribution is 5.94.